The molecule has 0 bridgehead atoms. The number of aromatic nitrogens is 4. The molecule has 1 fully saturated rings. The van der Waals surface area contributed by atoms with E-state index in [2.05, 4.69) is 19.9 Å². The van der Waals surface area contributed by atoms with Crippen LogP contribution in [0.5, 0.6) is 0 Å². The molecule has 2 aromatic heterocycles. The highest BCUT2D eigenvalue weighted by molar-refractivity contribution is 5.83. The van der Waals surface area contributed by atoms with E-state index in [9.17, 15) is 4.79 Å². The Labute approximate surface area is 103 Å². The van der Waals surface area contributed by atoms with Crippen LogP contribution in [-0.4, -0.2) is 44.1 Å². The second-order valence-corrected chi connectivity index (χ2v) is 4.59. The molecule has 0 aliphatic carbocycles. The summed E-state index contributed by atoms with van der Waals surface area (Å²) in [6.45, 7) is 3.16. The van der Waals surface area contributed by atoms with Crippen LogP contribution in [-0.2, 0) is 4.79 Å². The van der Waals surface area contributed by atoms with Gasteiger partial charge < -0.3 is 15.0 Å². The van der Waals surface area contributed by atoms with Crippen molar-refractivity contribution in [3.63, 3.8) is 0 Å². The van der Waals surface area contributed by atoms with Gasteiger partial charge in [0.15, 0.2) is 11.5 Å². The lowest BCUT2D eigenvalue weighted by Gasteiger charge is -2.41. The highest BCUT2D eigenvalue weighted by atomic mass is 16.4. The number of carboxylic acid groups (broad SMARTS) is 1. The van der Waals surface area contributed by atoms with Crippen molar-refractivity contribution in [2.75, 3.05) is 18.0 Å². The molecule has 2 aromatic rings. The van der Waals surface area contributed by atoms with Gasteiger partial charge >= 0.3 is 5.97 Å². The molecule has 0 aromatic carbocycles. The van der Waals surface area contributed by atoms with Crippen LogP contribution in [0.2, 0.25) is 0 Å². The fourth-order valence-electron chi connectivity index (χ4n) is 2.20. The number of nitrogens with zero attached hydrogens (tertiary/aromatic N) is 4. The molecule has 1 saturated heterocycles. The van der Waals surface area contributed by atoms with Gasteiger partial charge in [0, 0.05) is 19.0 Å². The first-order valence-electron chi connectivity index (χ1n) is 5.78. The van der Waals surface area contributed by atoms with E-state index in [0.717, 1.165) is 11.3 Å². The predicted molar refractivity (Wildman–Crippen MR) is 64.2 cm³/mol. The normalized spacial score (nSPS) is 17.7. The Bertz CT molecular complexity index is 590. The van der Waals surface area contributed by atoms with Crippen LogP contribution in [0.3, 0.4) is 0 Å². The Morgan fingerprint density at radius 2 is 2.28 bits per heavy atom. The molecular weight excluding hydrogens is 234 g/mol. The minimum Gasteiger partial charge on any atom is -0.481 e. The topological polar surface area (TPSA) is 95.0 Å². The molecule has 94 valence electrons. The monoisotopic (exact) mass is 247 g/mol. The molecule has 1 atom stereocenters. The average molecular weight is 247 g/mol. The molecule has 1 aliphatic rings. The van der Waals surface area contributed by atoms with E-state index in [0.29, 0.717) is 18.7 Å². The molecule has 0 amide bonds. The summed E-state index contributed by atoms with van der Waals surface area (Å²) in [5.74, 6) is -0.0869. The zero-order valence-corrected chi connectivity index (χ0v) is 9.87. The summed E-state index contributed by atoms with van der Waals surface area (Å²) >= 11 is 0. The SMILES string of the molecule is CC(C(=O)O)C1CN(c2ncnc3nc[nH]c23)C1. The Balaban J connectivity index is 1.79. The Morgan fingerprint density at radius 1 is 1.50 bits per heavy atom. The summed E-state index contributed by atoms with van der Waals surface area (Å²) in [4.78, 5) is 28.3. The zero-order valence-electron chi connectivity index (χ0n) is 9.87. The number of H-pyrrole nitrogens is 1. The van der Waals surface area contributed by atoms with Crippen molar-refractivity contribution in [2.45, 2.75) is 6.92 Å². The first-order valence-corrected chi connectivity index (χ1v) is 5.78. The number of nitrogens with one attached hydrogen (secondary N) is 1. The predicted octanol–water partition coefficient (Wildman–Crippen LogP) is 0.510. The molecule has 7 nitrogen and oxygen atoms in total. The van der Waals surface area contributed by atoms with Crippen LogP contribution in [0.1, 0.15) is 6.92 Å². The lowest BCUT2D eigenvalue weighted by molar-refractivity contribution is -0.143. The summed E-state index contributed by atoms with van der Waals surface area (Å²) in [7, 11) is 0. The molecule has 2 N–H and O–H groups in total. The number of aliphatic carboxylic acids is 1. The van der Waals surface area contributed by atoms with Gasteiger partial charge in [0.2, 0.25) is 0 Å². The van der Waals surface area contributed by atoms with Crippen molar-refractivity contribution < 1.29 is 9.90 Å². The lowest BCUT2D eigenvalue weighted by atomic mass is 9.87. The van der Waals surface area contributed by atoms with E-state index < -0.39 is 5.97 Å². The Morgan fingerprint density at radius 3 is 3.00 bits per heavy atom. The quantitative estimate of drug-likeness (QED) is 0.820. The van der Waals surface area contributed by atoms with Crippen LogP contribution < -0.4 is 4.90 Å². The second-order valence-electron chi connectivity index (χ2n) is 4.59. The van der Waals surface area contributed by atoms with Gasteiger partial charge in [0.25, 0.3) is 0 Å². The fourth-order valence-corrected chi connectivity index (χ4v) is 2.20. The van der Waals surface area contributed by atoms with Gasteiger partial charge in [-0.1, -0.05) is 6.92 Å². The van der Waals surface area contributed by atoms with Crippen molar-refractivity contribution in [3.8, 4) is 0 Å². The molecule has 3 rings (SSSR count). The van der Waals surface area contributed by atoms with Crippen molar-refractivity contribution in [2.24, 2.45) is 11.8 Å². The number of carboxylic acids is 1. The number of imidazole rings is 1. The molecule has 3 heterocycles. The maximum absolute atomic E-state index is 10.9. The summed E-state index contributed by atoms with van der Waals surface area (Å²) in [6, 6.07) is 0. The highest BCUT2D eigenvalue weighted by Crippen LogP contribution is 2.30. The van der Waals surface area contributed by atoms with Gasteiger partial charge in [-0.2, -0.15) is 0 Å². The smallest absolute Gasteiger partial charge is 0.306 e. The minimum atomic E-state index is -0.742. The zero-order chi connectivity index (χ0) is 12.7. The van der Waals surface area contributed by atoms with E-state index >= 15 is 0 Å². The molecule has 1 unspecified atom stereocenters. The number of aromatic amines is 1. The molecule has 1 aliphatic heterocycles. The third kappa shape index (κ3) is 1.59. The van der Waals surface area contributed by atoms with E-state index in [4.69, 9.17) is 5.11 Å². The number of anilines is 1. The van der Waals surface area contributed by atoms with Gasteiger partial charge in [-0.05, 0) is 0 Å². The van der Waals surface area contributed by atoms with Crippen LogP contribution in [0.15, 0.2) is 12.7 Å². The van der Waals surface area contributed by atoms with E-state index in [-0.39, 0.29) is 11.8 Å². The van der Waals surface area contributed by atoms with Crippen LogP contribution >= 0.6 is 0 Å². The minimum absolute atomic E-state index is 0.176. The number of hydrogen-bond donors (Lipinski definition) is 2. The first kappa shape index (κ1) is 10.9. The Hall–Kier alpha value is -2.18. The van der Waals surface area contributed by atoms with Gasteiger partial charge in [-0.15, -0.1) is 0 Å². The van der Waals surface area contributed by atoms with Gasteiger partial charge in [0.05, 0.1) is 12.2 Å². The lowest BCUT2D eigenvalue weighted by Crippen LogP contribution is -2.51. The third-order valence-corrected chi connectivity index (χ3v) is 3.51. The summed E-state index contributed by atoms with van der Waals surface area (Å²) in [6.07, 6.45) is 3.06. The molecule has 0 spiro atoms. The van der Waals surface area contributed by atoms with Crippen LogP contribution in [0, 0.1) is 11.8 Å². The highest BCUT2D eigenvalue weighted by Gasteiger charge is 2.36. The molecular formula is C11H13N5O2. The van der Waals surface area contributed by atoms with Gasteiger partial charge in [-0.3, -0.25) is 4.79 Å². The van der Waals surface area contributed by atoms with Crippen molar-refractivity contribution >= 4 is 23.0 Å². The molecule has 18 heavy (non-hydrogen) atoms. The standard InChI is InChI=1S/C11H13N5O2/c1-6(11(17)18)7-2-16(3-7)10-8-9(13-4-12-8)14-5-15-10/h4-7H,2-3H2,1H3,(H,17,18)(H,12,13,14,15). The summed E-state index contributed by atoms with van der Waals surface area (Å²) in [5, 5.41) is 8.95. The maximum Gasteiger partial charge on any atom is 0.306 e. The van der Waals surface area contributed by atoms with E-state index in [1.165, 1.54) is 6.33 Å². The summed E-state index contributed by atoms with van der Waals surface area (Å²) < 4.78 is 0. The van der Waals surface area contributed by atoms with Crippen molar-refractivity contribution in [3.05, 3.63) is 12.7 Å². The summed E-state index contributed by atoms with van der Waals surface area (Å²) in [5.41, 5.74) is 1.44. The van der Waals surface area contributed by atoms with Crippen molar-refractivity contribution in [1.82, 2.24) is 19.9 Å². The van der Waals surface area contributed by atoms with Gasteiger partial charge in [0.1, 0.15) is 11.8 Å². The van der Waals surface area contributed by atoms with Gasteiger partial charge in [-0.25, -0.2) is 15.0 Å². The van der Waals surface area contributed by atoms with E-state index in [1.54, 1.807) is 13.3 Å². The first-order chi connectivity index (χ1) is 8.66. The number of fused-ring (bicyclic) bond motifs is 1. The van der Waals surface area contributed by atoms with E-state index in [1.807, 2.05) is 4.90 Å². The maximum atomic E-state index is 10.9. The van der Waals surface area contributed by atoms with Crippen molar-refractivity contribution in [1.29, 1.82) is 0 Å². The van der Waals surface area contributed by atoms with Crippen LogP contribution in [0.25, 0.3) is 11.2 Å². The number of rotatable bonds is 3. The Kier molecular flexibility index (Phi) is 2.39. The fraction of sp³-hybridized carbons (Fsp3) is 0.455. The number of carbonyl (C=O) groups is 1. The largest absolute Gasteiger partial charge is 0.481 e. The third-order valence-electron chi connectivity index (χ3n) is 3.51. The average Bonchev–Trinajstić information content (AvgIpc) is 2.75. The van der Waals surface area contributed by atoms with Crippen LogP contribution in [0.4, 0.5) is 5.82 Å². The number of hydrogen-bond acceptors (Lipinski definition) is 5. The molecule has 0 saturated carbocycles. The molecule has 0 radical (unpaired) electrons. The molecule has 7 heteroatoms. The second kappa shape index (κ2) is 3.94.